The molecule has 0 unspecified atom stereocenters. The highest BCUT2D eigenvalue weighted by Crippen LogP contribution is 2.37. The Bertz CT molecular complexity index is 1490. The van der Waals surface area contributed by atoms with E-state index in [0.29, 0.717) is 35.8 Å². The Morgan fingerprint density at radius 2 is 2.03 bits per heavy atom. The number of pyridine rings is 1. The molecule has 36 heavy (non-hydrogen) atoms. The fourth-order valence-electron chi connectivity index (χ4n) is 3.79. The van der Waals surface area contributed by atoms with Gasteiger partial charge in [0.25, 0.3) is 0 Å². The first-order valence-electron chi connectivity index (χ1n) is 10.7. The van der Waals surface area contributed by atoms with Crippen LogP contribution in [0.1, 0.15) is 22.1 Å². The number of amides is 1. The van der Waals surface area contributed by atoms with E-state index in [4.69, 9.17) is 14.6 Å². The number of aromatic carboxylic acids is 1. The summed E-state index contributed by atoms with van der Waals surface area (Å²) in [6.07, 6.45) is 3.13. The number of carboxylic acid groups (broad SMARTS) is 1. The number of H-pyrrole nitrogens is 1. The number of thiazole rings is 1. The molecule has 0 spiro atoms. The summed E-state index contributed by atoms with van der Waals surface area (Å²) in [5.74, 6) is -1.35. The molecule has 1 aliphatic heterocycles. The highest BCUT2D eigenvalue weighted by Gasteiger charge is 2.29. The Morgan fingerprint density at radius 3 is 2.75 bits per heavy atom. The number of carbonyl (C=O) groups excluding carboxylic acids is 1. The quantitative estimate of drug-likeness (QED) is 0.292. The fraction of sp³-hybridized carbons (Fsp3) is 0.174. The summed E-state index contributed by atoms with van der Waals surface area (Å²) in [7, 11) is 0. The zero-order valence-electron chi connectivity index (χ0n) is 18.5. The van der Waals surface area contributed by atoms with E-state index in [9.17, 15) is 19.5 Å². The second-order valence-corrected chi connectivity index (χ2v) is 8.63. The topological polar surface area (TPSA) is 169 Å². The van der Waals surface area contributed by atoms with E-state index in [0.717, 1.165) is 15.9 Å². The van der Waals surface area contributed by atoms with Crippen LogP contribution in [0.5, 0.6) is 17.4 Å². The molecule has 1 aromatic carbocycles. The molecule has 13 heteroatoms. The summed E-state index contributed by atoms with van der Waals surface area (Å²) in [6, 6.07) is 7.16. The van der Waals surface area contributed by atoms with E-state index < -0.39 is 29.5 Å². The van der Waals surface area contributed by atoms with E-state index in [2.05, 4.69) is 20.3 Å². The van der Waals surface area contributed by atoms with Crippen molar-refractivity contribution in [2.24, 2.45) is 0 Å². The number of fused-ring (bicyclic) bond motifs is 1. The van der Waals surface area contributed by atoms with Crippen LogP contribution in [0, 0.1) is 0 Å². The predicted molar refractivity (Wildman–Crippen MR) is 128 cm³/mol. The van der Waals surface area contributed by atoms with Crippen molar-refractivity contribution in [1.29, 1.82) is 0 Å². The van der Waals surface area contributed by atoms with Gasteiger partial charge in [0.15, 0.2) is 22.3 Å². The molecule has 4 aromatic rings. The molecule has 4 heterocycles. The molecule has 5 rings (SSSR count). The second kappa shape index (κ2) is 9.54. The summed E-state index contributed by atoms with van der Waals surface area (Å²) in [5, 5.41) is 24.1. The van der Waals surface area contributed by atoms with Gasteiger partial charge in [-0.3, -0.25) is 9.78 Å². The van der Waals surface area contributed by atoms with Crippen LogP contribution in [0.25, 0.3) is 11.3 Å². The molecule has 0 bridgehead atoms. The first-order valence-corrected chi connectivity index (χ1v) is 11.6. The number of aromatic amines is 1. The first kappa shape index (κ1) is 23.1. The highest BCUT2D eigenvalue weighted by molar-refractivity contribution is 7.14. The Kier molecular flexibility index (Phi) is 6.12. The van der Waals surface area contributed by atoms with Crippen LogP contribution < -0.4 is 20.5 Å². The zero-order chi connectivity index (χ0) is 25.2. The third-order valence-electron chi connectivity index (χ3n) is 5.45. The molecule has 3 aromatic heterocycles. The minimum atomic E-state index is -1.23. The third kappa shape index (κ3) is 4.51. The van der Waals surface area contributed by atoms with Gasteiger partial charge >= 0.3 is 11.7 Å². The van der Waals surface area contributed by atoms with Crippen molar-refractivity contribution in [3.8, 4) is 28.6 Å². The number of rotatable bonds is 7. The maximum Gasteiger partial charge on any atom is 0.355 e. The number of hydrogen-bond donors (Lipinski definition) is 4. The Morgan fingerprint density at radius 1 is 1.22 bits per heavy atom. The number of aromatic hydroxyl groups is 1. The van der Waals surface area contributed by atoms with Crippen molar-refractivity contribution in [3.63, 3.8) is 0 Å². The van der Waals surface area contributed by atoms with Crippen molar-refractivity contribution >= 4 is 28.3 Å². The van der Waals surface area contributed by atoms with E-state index in [1.54, 1.807) is 42.7 Å². The van der Waals surface area contributed by atoms with Gasteiger partial charge in [0, 0.05) is 29.8 Å². The van der Waals surface area contributed by atoms with Gasteiger partial charge in [-0.15, -0.1) is 11.3 Å². The van der Waals surface area contributed by atoms with E-state index in [1.165, 1.54) is 5.38 Å². The van der Waals surface area contributed by atoms with Gasteiger partial charge in [-0.2, -0.15) is 0 Å². The molecule has 1 aliphatic rings. The number of nitrogens with one attached hydrogen (secondary N) is 2. The lowest BCUT2D eigenvalue weighted by Crippen LogP contribution is -2.33. The Labute approximate surface area is 206 Å². The number of aromatic nitrogens is 4. The van der Waals surface area contributed by atoms with Crippen molar-refractivity contribution in [1.82, 2.24) is 19.5 Å². The second-order valence-electron chi connectivity index (χ2n) is 7.77. The van der Waals surface area contributed by atoms with Gasteiger partial charge in [-0.1, -0.05) is 6.07 Å². The van der Waals surface area contributed by atoms with Crippen LogP contribution in [-0.4, -0.2) is 54.8 Å². The standard InChI is InChI=1S/C23H19N5O7S/c29-19(27-22-25-14(11-36-22)21(31)32)15(8-12-2-1-5-24-10-12)28-20(30)18(26-23(28)33)13-3-4-16-17(9-13)35-7-6-34-16/h1-5,9-11,15,30H,6-8H2,(H,26,33)(H,31,32)(H,25,27,29)/t15-/m0/s1. The van der Waals surface area contributed by atoms with Gasteiger partial charge in [-0.25, -0.2) is 19.1 Å². The summed E-state index contributed by atoms with van der Waals surface area (Å²) in [4.78, 5) is 48.0. The third-order valence-corrected chi connectivity index (χ3v) is 6.21. The maximum absolute atomic E-state index is 13.3. The first-order chi connectivity index (χ1) is 17.4. The van der Waals surface area contributed by atoms with Crippen molar-refractivity contribution in [2.75, 3.05) is 18.5 Å². The molecular formula is C23H19N5O7S. The minimum absolute atomic E-state index is 0.0166. The average molecular weight is 510 g/mol. The number of carbonyl (C=O) groups is 2. The van der Waals surface area contributed by atoms with Gasteiger partial charge in [0.2, 0.25) is 11.8 Å². The summed E-state index contributed by atoms with van der Waals surface area (Å²) in [5.41, 5.74) is 0.257. The van der Waals surface area contributed by atoms with Gasteiger partial charge < -0.3 is 30.0 Å². The molecule has 4 N–H and O–H groups in total. The van der Waals surface area contributed by atoms with E-state index >= 15 is 0 Å². The lowest BCUT2D eigenvalue weighted by molar-refractivity contribution is -0.119. The Balaban J connectivity index is 1.52. The largest absolute Gasteiger partial charge is 0.493 e. The van der Waals surface area contributed by atoms with Gasteiger partial charge in [-0.05, 0) is 29.8 Å². The van der Waals surface area contributed by atoms with E-state index in [-0.39, 0.29) is 22.9 Å². The summed E-state index contributed by atoms with van der Waals surface area (Å²) in [6.45, 7) is 0.788. The molecule has 1 atom stereocenters. The molecule has 1 amide bonds. The minimum Gasteiger partial charge on any atom is -0.493 e. The monoisotopic (exact) mass is 509 g/mol. The lowest BCUT2D eigenvalue weighted by Gasteiger charge is -2.19. The Hall–Kier alpha value is -4.65. The number of anilines is 1. The van der Waals surface area contributed by atoms with Gasteiger partial charge in [0.05, 0.1) is 0 Å². The lowest BCUT2D eigenvalue weighted by atomic mass is 10.1. The van der Waals surface area contributed by atoms with Crippen molar-refractivity contribution in [2.45, 2.75) is 12.5 Å². The highest BCUT2D eigenvalue weighted by atomic mass is 32.1. The number of carboxylic acids is 1. The normalized spacial score (nSPS) is 13.2. The molecular weight excluding hydrogens is 490 g/mol. The summed E-state index contributed by atoms with van der Waals surface area (Å²) < 4.78 is 12.1. The van der Waals surface area contributed by atoms with Crippen molar-refractivity contribution in [3.05, 3.63) is 69.8 Å². The number of benzene rings is 1. The smallest absolute Gasteiger partial charge is 0.355 e. The average Bonchev–Trinajstić information content (AvgIpc) is 3.47. The molecule has 0 radical (unpaired) electrons. The van der Waals surface area contributed by atoms with Crippen LogP contribution >= 0.6 is 11.3 Å². The zero-order valence-corrected chi connectivity index (χ0v) is 19.3. The van der Waals surface area contributed by atoms with Crippen LogP contribution in [0.4, 0.5) is 5.13 Å². The number of ether oxygens (including phenoxy) is 2. The SMILES string of the molecule is O=C(O)c1csc(NC(=O)[C@H](Cc2cccnc2)n2c(O)c(-c3ccc4c(c3)OCCO4)[nH]c2=O)n1. The number of hydrogen-bond acceptors (Lipinski definition) is 9. The van der Waals surface area contributed by atoms with Crippen LogP contribution in [-0.2, 0) is 11.2 Å². The maximum atomic E-state index is 13.3. The molecule has 0 saturated carbocycles. The molecule has 184 valence electrons. The van der Waals surface area contributed by atoms with Crippen LogP contribution in [0.15, 0.2) is 52.9 Å². The molecule has 0 aliphatic carbocycles. The van der Waals surface area contributed by atoms with Crippen LogP contribution in [0.3, 0.4) is 0 Å². The van der Waals surface area contributed by atoms with Crippen molar-refractivity contribution < 1.29 is 29.3 Å². The fourth-order valence-corrected chi connectivity index (χ4v) is 4.48. The number of imidazole rings is 1. The summed E-state index contributed by atoms with van der Waals surface area (Å²) >= 11 is 0.929. The van der Waals surface area contributed by atoms with Crippen LogP contribution in [0.2, 0.25) is 0 Å². The predicted octanol–water partition coefficient (Wildman–Crippen LogP) is 2.29. The molecule has 0 saturated heterocycles. The van der Waals surface area contributed by atoms with E-state index in [1.807, 2.05) is 0 Å². The van der Waals surface area contributed by atoms with Gasteiger partial charge in [0.1, 0.15) is 24.9 Å². The number of nitrogens with zero attached hydrogens (tertiary/aromatic N) is 3. The molecule has 0 fully saturated rings. The molecule has 12 nitrogen and oxygen atoms in total.